The van der Waals surface area contributed by atoms with Crippen molar-refractivity contribution in [2.75, 3.05) is 0 Å². The summed E-state index contributed by atoms with van der Waals surface area (Å²) >= 11 is 2.01. The topological polar surface area (TPSA) is 77.8 Å². The molecule has 0 aliphatic carbocycles. The first-order chi connectivity index (χ1) is 10.5. The summed E-state index contributed by atoms with van der Waals surface area (Å²) in [6.07, 6.45) is 7.42. The van der Waals surface area contributed by atoms with Crippen LogP contribution in [0.4, 0.5) is 0 Å². The fraction of sp³-hybridized carbons (Fsp3) is 0.588. The molecule has 0 unspecified atom stereocenters. The van der Waals surface area contributed by atoms with Crippen LogP contribution in [0.5, 0.6) is 11.5 Å². The number of phenolic OH excluding ortho intramolecular Hbond substituents is 1. The summed E-state index contributed by atoms with van der Waals surface area (Å²) in [4.78, 5) is 11.5. The van der Waals surface area contributed by atoms with Crippen molar-refractivity contribution in [1.29, 1.82) is 0 Å². The third kappa shape index (κ3) is 4.51. The van der Waals surface area contributed by atoms with Gasteiger partial charge in [-0.1, -0.05) is 39.5 Å². The summed E-state index contributed by atoms with van der Waals surface area (Å²) in [6, 6.07) is 0. The zero-order valence-corrected chi connectivity index (χ0v) is 15.4. The van der Waals surface area contributed by atoms with Crippen LogP contribution in [-0.4, -0.2) is 21.3 Å². The zero-order chi connectivity index (χ0) is 16.7. The molecule has 1 aromatic rings. The second-order valence-electron chi connectivity index (χ2n) is 5.56. The SMILES string of the molecule is CCCCCc1c(I)c(O)c(O)c(C(=O)O)c1CCCCC. The predicted molar refractivity (Wildman–Crippen MR) is 95.9 cm³/mol. The van der Waals surface area contributed by atoms with Gasteiger partial charge < -0.3 is 15.3 Å². The van der Waals surface area contributed by atoms with Crippen LogP contribution in [0.15, 0.2) is 0 Å². The molecule has 3 N–H and O–H groups in total. The Morgan fingerprint density at radius 3 is 1.86 bits per heavy atom. The van der Waals surface area contributed by atoms with Gasteiger partial charge in [0.15, 0.2) is 11.5 Å². The second-order valence-corrected chi connectivity index (χ2v) is 6.64. The highest BCUT2D eigenvalue weighted by molar-refractivity contribution is 14.1. The number of benzene rings is 1. The van der Waals surface area contributed by atoms with Gasteiger partial charge in [0.2, 0.25) is 0 Å². The van der Waals surface area contributed by atoms with Crippen LogP contribution in [0.1, 0.15) is 73.9 Å². The maximum Gasteiger partial charge on any atom is 0.339 e. The molecule has 0 saturated heterocycles. The zero-order valence-electron chi connectivity index (χ0n) is 13.3. The minimum atomic E-state index is -1.17. The molecule has 4 nitrogen and oxygen atoms in total. The molecule has 1 rings (SSSR count). The van der Waals surface area contributed by atoms with Gasteiger partial charge in [-0.25, -0.2) is 4.79 Å². The Bertz CT molecular complexity index is 526. The lowest BCUT2D eigenvalue weighted by molar-refractivity contribution is 0.0691. The van der Waals surface area contributed by atoms with E-state index >= 15 is 0 Å². The Labute approximate surface area is 145 Å². The third-order valence-electron chi connectivity index (χ3n) is 3.87. The van der Waals surface area contributed by atoms with Crippen molar-refractivity contribution >= 4 is 28.6 Å². The van der Waals surface area contributed by atoms with Crippen molar-refractivity contribution in [2.45, 2.75) is 65.2 Å². The average molecular weight is 420 g/mol. The fourth-order valence-corrected chi connectivity index (χ4v) is 3.51. The maximum atomic E-state index is 11.5. The van der Waals surface area contributed by atoms with Crippen molar-refractivity contribution in [2.24, 2.45) is 0 Å². The predicted octanol–water partition coefficient (Wildman–Crippen LogP) is 4.87. The van der Waals surface area contributed by atoms with Crippen molar-refractivity contribution in [3.63, 3.8) is 0 Å². The molecule has 0 saturated carbocycles. The number of halogens is 1. The molecule has 1 aromatic carbocycles. The minimum absolute atomic E-state index is 0.125. The van der Waals surface area contributed by atoms with Crippen LogP contribution in [0.2, 0.25) is 0 Å². The average Bonchev–Trinajstić information content (AvgIpc) is 2.48. The number of hydrogen-bond donors (Lipinski definition) is 3. The Hall–Kier alpha value is -0.980. The first-order valence-corrected chi connectivity index (χ1v) is 9.01. The lowest BCUT2D eigenvalue weighted by Gasteiger charge is -2.18. The minimum Gasteiger partial charge on any atom is -0.504 e. The highest BCUT2D eigenvalue weighted by Gasteiger charge is 2.25. The van der Waals surface area contributed by atoms with Gasteiger partial charge in [-0.05, 0) is 59.4 Å². The van der Waals surface area contributed by atoms with Crippen molar-refractivity contribution in [3.05, 3.63) is 20.3 Å². The number of carboxylic acids is 1. The van der Waals surface area contributed by atoms with Crippen molar-refractivity contribution in [1.82, 2.24) is 0 Å². The fourth-order valence-electron chi connectivity index (χ4n) is 2.66. The lowest BCUT2D eigenvalue weighted by atomic mass is 9.91. The summed E-state index contributed by atoms with van der Waals surface area (Å²) in [7, 11) is 0. The highest BCUT2D eigenvalue weighted by atomic mass is 127. The summed E-state index contributed by atoms with van der Waals surface area (Å²) in [5.41, 5.74) is 1.45. The molecule has 22 heavy (non-hydrogen) atoms. The molecule has 0 aliphatic rings. The van der Waals surface area contributed by atoms with E-state index in [0.29, 0.717) is 15.6 Å². The molecule has 0 aromatic heterocycles. The largest absolute Gasteiger partial charge is 0.504 e. The molecule has 0 amide bonds. The van der Waals surface area contributed by atoms with E-state index in [-0.39, 0.29) is 11.3 Å². The van der Waals surface area contributed by atoms with Crippen LogP contribution in [0.25, 0.3) is 0 Å². The van der Waals surface area contributed by atoms with Gasteiger partial charge in [-0.15, -0.1) is 0 Å². The van der Waals surface area contributed by atoms with E-state index in [1.807, 2.05) is 22.6 Å². The summed E-state index contributed by atoms with van der Waals surface area (Å²) in [5.74, 6) is -1.97. The quantitative estimate of drug-likeness (QED) is 0.303. The van der Waals surface area contributed by atoms with E-state index in [9.17, 15) is 20.1 Å². The monoisotopic (exact) mass is 420 g/mol. The lowest BCUT2D eigenvalue weighted by Crippen LogP contribution is -2.09. The number of phenols is 2. The molecule has 124 valence electrons. The van der Waals surface area contributed by atoms with Crippen molar-refractivity contribution < 1.29 is 20.1 Å². The van der Waals surface area contributed by atoms with E-state index in [2.05, 4.69) is 13.8 Å². The molecular weight excluding hydrogens is 395 g/mol. The van der Waals surface area contributed by atoms with Gasteiger partial charge >= 0.3 is 5.97 Å². The molecule has 5 heteroatoms. The van der Waals surface area contributed by atoms with Crippen molar-refractivity contribution in [3.8, 4) is 11.5 Å². The number of aromatic hydroxyl groups is 2. The van der Waals surface area contributed by atoms with Crippen LogP contribution in [-0.2, 0) is 12.8 Å². The number of aromatic carboxylic acids is 1. The van der Waals surface area contributed by atoms with E-state index in [1.54, 1.807) is 0 Å². The number of carbonyl (C=O) groups is 1. The molecule has 0 bridgehead atoms. The number of unbranched alkanes of at least 4 members (excludes halogenated alkanes) is 4. The van der Waals surface area contributed by atoms with Gasteiger partial charge in [0.1, 0.15) is 5.56 Å². The molecule has 0 heterocycles. The van der Waals surface area contributed by atoms with Gasteiger partial charge in [0.05, 0.1) is 3.57 Å². The third-order valence-corrected chi connectivity index (χ3v) is 5.04. The Morgan fingerprint density at radius 2 is 1.41 bits per heavy atom. The number of hydrogen-bond acceptors (Lipinski definition) is 3. The van der Waals surface area contributed by atoms with Gasteiger partial charge in [-0.3, -0.25) is 0 Å². The second kappa shape index (κ2) is 9.22. The smallest absolute Gasteiger partial charge is 0.339 e. The van der Waals surface area contributed by atoms with E-state index < -0.39 is 11.7 Å². The Kier molecular flexibility index (Phi) is 8.00. The summed E-state index contributed by atoms with van der Waals surface area (Å²) in [6.45, 7) is 4.21. The maximum absolute atomic E-state index is 11.5. The molecule has 0 radical (unpaired) electrons. The number of rotatable bonds is 9. The standard InChI is InChI=1S/C17H25IO4/c1-3-5-7-9-11-12(10-8-6-4-2)14(18)16(20)15(19)13(11)17(21)22/h19-20H,3-10H2,1-2H3,(H,21,22). The van der Waals surface area contributed by atoms with Gasteiger partial charge in [-0.2, -0.15) is 0 Å². The Balaban J connectivity index is 3.32. The van der Waals surface area contributed by atoms with E-state index in [1.165, 1.54) is 0 Å². The molecular formula is C17H25IO4. The normalized spacial score (nSPS) is 10.9. The molecule has 0 atom stereocenters. The van der Waals surface area contributed by atoms with Gasteiger partial charge in [0.25, 0.3) is 0 Å². The number of carboxylic acid groups (broad SMARTS) is 1. The highest BCUT2D eigenvalue weighted by Crippen LogP contribution is 2.40. The molecule has 0 fully saturated rings. The summed E-state index contributed by atoms with van der Waals surface area (Å²) in [5, 5.41) is 29.5. The Morgan fingerprint density at radius 1 is 0.909 bits per heavy atom. The molecule has 0 spiro atoms. The van der Waals surface area contributed by atoms with E-state index in [0.717, 1.165) is 50.5 Å². The van der Waals surface area contributed by atoms with Crippen LogP contribution in [0, 0.1) is 3.57 Å². The van der Waals surface area contributed by atoms with Crippen LogP contribution >= 0.6 is 22.6 Å². The molecule has 0 aliphatic heterocycles. The first-order valence-electron chi connectivity index (χ1n) is 7.94. The summed E-state index contributed by atoms with van der Waals surface area (Å²) < 4.78 is 0.586. The van der Waals surface area contributed by atoms with E-state index in [4.69, 9.17) is 0 Å². The van der Waals surface area contributed by atoms with Gasteiger partial charge in [0, 0.05) is 0 Å². The van der Waals surface area contributed by atoms with Crippen LogP contribution in [0.3, 0.4) is 0 Å². The van der Waals surface area contributed by atoms with Crippen LogP contribution < -0.4 is 0 Å². The first kappa shape index (κ1) is 19.1.